The highest BCUT2D eigenvalue weighted by Gasteiger charge is 2.44. The summed E-state index contributed by atoms with van der Waals surface area (Å²) in [4.78, 5) is 30.0. The molecule has 3 rings (SSSR count). The predicted molar refractivity (Wildman–Crippen MR) is 88.4 cm³/mol. The van der Waals surface area contributed by atoms with Crippen molar-refractivity contribution in [3.8, 4) is 0 Å². The Morgan fingerprint density at radius 1 is 1.32 bits per heavy atom. The first-order valence-electron chi connectivity index (χ1n) is 8.43. The molecule has 1 atom stereocenters. The molecule has 1 N–H and O–H groups in total. The lowest BCUT2D eigenvalue weighted by Gasteiger charge is -2.35. The van der Waals surface area contributed by atoms with Crippen LogP contribution >= 0.6 is 0 Å². The maximum absolute atomic E-state index is 13.3. The molecule has 7 heteroatoms. The fourth-order valence-electron chi connectivity index (χ4n) is 3.40. The van der Waals surface area contributed by atoms with Crippen molar-refractivity contribution in [3.63, 3.8) is 0 Å². The summed E-state index contributed by atoms with van der Waals surface area (Å²) < 4.78 is 18.2. The molecule has 1 amide bonds. The van der Waals surface area contributed by atoms with Gasteiger partial charge in [-0.3, -0.25) is 4.79 Å². The van der Waals surface area contributed by atoms with Crippen molar-refractivity contribution in [2.75, 3.05) is 7.11 Å². The molecule has 134 valence electrons. The summed E-state index contributed by atoms with van der Waals surface area (Å²) in [5.41, 5.74) is 0.0979. The zero-order valence-electron chi connectivity index (χ0n) is 14.1. The van der Waals surface area contributed by atoms with E-state index >= 15 is 0 Å². The molecule has 1 unspecified atom stereocenters. The number of oxime groups is 1. The Bertz CT molecular complexity index is 698. The van der Waals surface area contributed by atoms with E-state index in [2.05, 4.69) is 10.5 Å². The number of carbonyl (C=O) groups excluding carboxylic acids is 2. The highest BCUT2D eigenvalue weighted by Crippen LogP contribution is 2.30. The van der Waals surface area contributed by atoms with Crippen molar-refractivity contribution in [2.24, 2.45) is 5.16 Å². The van der Waals surface area contributed by atoms with Gasteiger partial charge in [0.25, 0.3) is 5.91 Å². The molecule has 0 saturated heterocycles. The van der Waals surface area contributed by atoms with Crippen molar-refractivity contribution in [3.05, 3.63) is 35.6 Å². The first-order chi connectivity index (χ1) is 12.0. The average molecular weight is 348 g/mol. The largest absolute Gasteiger partial charge is 0.467 e. The lowest BCUT2D eigenvalue weighted by atomic mass is 9.81. The van der Waals surface area contributed by atoms with Crippen LogP contribution in [0, 0.1) is 5.82 Å². The van der Waals surface area contributed by atoms with Crippen LogP contribution < -0.4 is 5.32 Å². The Hall–Kier alpha value is -2.44. The maximum Gasteiger partial charge on any atom is 0.331 e. The molecule has 1 aliphatic heterocycles. The van der Waals surface area contributed by atoms with Crippen molar-refractivity contribution in [1.29, 1.82) is 0 Å². The van der Waals surface area contributed by atoms with Gasteiger partial charge in [0, 0.05) is 12.0 Å². The van der Waals surface area contributed by atoms with E-state index in [-0.39, 0.29) is 12.2 Å². The molecule has 1 aromatic rings. The Kier molecular flexibility index (Phi) is 5.01. The highest BCUT2D eigenvalue weighted by atomic mass is 19.1. The van der Waals surface area contributed by atoms with Gasteiger partial charge in [-0.1, -0.05) is 36.6 Å². The van der Waals surface area contributed by atoms with Crippen LogP contribution in [0.15, 0.2) is 29.4 Å². The first kappa shape index (κ1) is 17.4. The monoisotopic (exact) mass is 348 g/mol. The number of nitrogens with zero attached hydrogens (tertiary/aromatic N) is 1. The van der Waals surface area contributed by atoms with Crippen molar-refractivity contribution in [1.82, 2.24) is 5.32 Å². The SMILES string of the molecule is COC(=O)C1(NC(=O)C2CC(c3cccc(F)c3)=NO2)CCCCC1. The summed E-state index contributed by atoms with van der Waals surface area (Å²) in [6, 6.07) is 5.98. The molecule has 0 aromatic heterocycles. The average Bonchev–Trinajstić information content (AvgIpc) is 3.12. The summed E-state index contributed by atoms with van der Waals surface area (Å²) >= 11 is 0. The van der Waals surface area contributed by atoms with Crippen LogP contribution in [-0.4, -0.2) is 36.3 Å². The number of benzene rings is 1. The second-order valence-electron chi connectivity index (χ2n) is 6.47. The van der Waals surface area contributed by atoms with E-state index in [4.69, 9.17) is 9.57 Å². The molecule has 1 heterocycles. The van der Waals surface area contributed by atoms with E-state index in [1.165, 1.54) is 19.2 Å². The van der Waals surface area contributed by atoms with Crippen LogP contribution in [0.4, 0.5) is 4.39 Å². The number of rotatable bonds is 4. The van der Waals surface area contributed by atoms with Crippen LogP contribution in [-0.2, 0) is 19.2 Å². The summed E-state index contributed by atoms with van der Waals surface area (Å²) in [6.07, 6.45) is 3.24. The fourth-order valence-corrected chi connectivity index (χ4v) is 3.40. The van der Waals surface area contributed by atoms with Gasteiger partial charge in [0.05, 0.1) is 12.8 Å². The summed E-state index contributed by atoms with van der Waals surface area (Å²) in [6.45, 7) is 0. The zero-order valence-corrected chi connectivity index (χ0v) is 14.1. The second kappa shape index (κ2) is 7.21. The number of esters is 1. The van der Waals surface area contributed by atoms with Crippen molar-refractivity contribution >= 4 is 17.6 Å². The van der Waals surface area contributed by atoms with Gasteiger partial charge in [-0.2, -0.15) is 0 Å². The molecule has 0 bridgehead atoms. The smallest absolute Gasteiger partial charge is 0.331 e. The number of nitrogens with one attached hydrogen (secondary N) is 1. The topological polar surface area (TPSA) is 77.0 Å². The van der Waals surface area contributed by atoms with E-state index in [1.54, 1.807) is 12.1 Å². The molecule has 1 fully saturated rings. The Morgan fingerprint density at radius 3 is 2.76 bits per heavy atom. The predicted octanol–water partition coefficient (Wildman–Crippen LogP) is 2.31. The maximum atomic E-state index is 13.3. The molecule has 2 aliphatic rings. The van der Waals surface area contributed by atoms with Gasteiger partial charge < -0.3 is 14.9 Å². The van der Waals surface area contributed by atoms with E-state index < -0.39 is 23.5 Å². The van der Waals surface area contributed by atoms with Gasteiger partial charge in [0.15, 0.2) is 0 Å². The third-order valence-electron chi connectivity index (χ3n) is 4.76. The highest BCUT2D eigenvalue weighted by molar-refractivity contribution is 6.04. The Labute approximate surface area is 145 Å². The minimum absolute atomic E-state index is 0.229. The van der Waals surface area contributed by atoms with Crippen LogP contribution in [0.1, 0.15) is 44.1 Å². The molecule has 25 heavy (non-hydrogen) atoms. The van der Waals surface area contributed by atoms with E-state index in [0.717, 1.165) is 19.3 Å². The molecule has 1 aliphatic carbocycles. The normalized spacial score (nSPS) is 21.8. The van der Waals surface area contributed by atoms with Crippen LogP contribution in [0.2, 0.25) is 0 Å². The number of hydrogen-bond donors (Lipinski definition) is 1. The molecular formula is C18H21FN2O4. The number of carbonyl (C=O) groups is 2. The van der Waals surface area contributed by atoms with Crippen molar-refractivity contribution < 1.29 is 23.6 Å². The third-order valence-corrected chi connectivity index (χ3v) is 4.76. The van der Waals surface area contributed by atoms with Gasteiger partial charge in [-0.15, -0.1) is 0 Å². The quantitative estimate of drug-likeness (QED) is 0.847. The lowest BCUT2D eigenvalue weighted by molar-refractivity contribution is -0.154. The van der Waals surface area contributed by atoms with Crippen LogP contribution in [0.5, 0.6) is 0 Å². The number of ether oxygens (including phenoxy) is 1. The minimum Gasteiger partial charge on any atom is -0.467 e. The van der Waals surface area contributed by atoms with Gasteiger partial charge in [-0.05, 0) is 25.0 Å². The van der Waals surface area contributed by atoms with Crippen LogP contribution in [0.3, 0.4) is 0 Å². The standard InChI is InChI=1S/C18H21FN2O4/c1-24-17(23)18(8-3-2-4-9-18)20-16(22)15-11-14(21-25-15)12-6-5-7-13(19)10-12/h5-7,10,15H,2-4,8-9,11H2,1H3,(H,20,22). The summed E-state index contributed by atoms with van der Waals surface area (Å²) in [7, 11) is 1.32. The molecule has 1 aromatic carbocycles. The lowest BCUT2D eigenvalue weighted by Crippen LogP contribution is -2.58. The van der Waals surface area contributed by atoms with Gasteiger partial charge in [-0.25, -0.2) is 9.18 Å². The van der Waals surface area contributed by atoms with Crippen LogP contribution in [0.25, 0.3) is 0 Å². The van der Waals surface area contributed by atoms with E-state index in [1.807, 2.05) is 0 Å². The number of hydrogen-bond acceptors (Lipinski definition) is 5. The summed E-state index contributed by atoms with van der Waals surface area (Å²) in [5.74, 6) is -1.20. The molecule has 1 saturated carbocycles. The number of methoxy groups -OCH3 is 1. The van der Waals surface area contributed by atoms with E-state index in [0.29, 0.717) is 24.1 Å². The Morgan fingerprint density at radius 2 is 2.08 bits per heavy atom. The third kappa shape index (κ3) is 3.65. The molecule has 0 spiro atoms. The number of amides is 1. The molecule has 6 nitrogen and oxygen atoms in total. The van der Waals surface area contributed by atoms with Gasteiger partial charge in [0.1, 0.15) is 11.4 Å². The zero-order chi connectivity index (χ0) is 17.9. The Balaban J connectivity index is 1.67. The fraction of sp³-hybridized carbons (Fsp3) is 0.500. The summed E-state index contributed by atoms with van der Waals surface area (Å²) in [5, 5.41) is 6.73. The number of halogens is 1. The second-order valence-corrected chi connectivity index (χ2v) is 6.47. The van der Waals surface area contributed by atoms with Gasteiger partial charge in [0.2, 0.25) is 6.10 Å². The molecular weight excluding hydrogens is 327 g/mol. The van der Waals surface area contributed by atoms with Gasteiger partial charge >= 0.3 is 5.97 Å². The minimum atomic E-state index is -0.991. The van der Waals surface area contributed by atoms with Crippen molar-refractivity contribution in [2.45, 2.75) is 50.2 Å². The first-order valence-corrected chi connectivity index (χ1v) is 8.43. The molecule has 0 radical (unpaired) electrons. The van der Waals surface area contributed by atoms with E-state index in [9.17, 15) is 14.0 Å².